The average molecular weight is 572 g/mol. The number of benzene rings is 2. The lowest BCUT2D eigenvalue weighted by Gasteiger charge is -2.27. The zero-order valence-electron chi connectivity index (χ0n) is 24.7. The number of allylic oxidation sites excluding steroid dienone is 2. The number of hydrogen-bond acceptors (Lipinski definition) is 6. The molecular weight excluding hydrogens is 530 g/mol. The number of carbonyl (C=O) groups excluding carboxylic acids is 3. The number of nitrogens with two attached hydrogens (primary N) is 1. The van der Waals surface area contributed by atoms with Gasteiger partial charge in [0.05, 0.1) is 25.1 Å². The molecule has 0 bridgehead atoms. The molecule has 4 unspecified atom stereocenters. The van der Waals surface area contributed by atoms with Gasteiger partial charge in [-0.05, 0) is 55.2 Å². The van der Waals surface area contributed by atoms with Crippen LogP contribution >= 0.6 is 0 Å². The molecule has 3 aromatic rings. The van der Waals surface area contributed by atoms with Gasteiger partial charge in [0, 0.05) is 6.20 Å². The summed E-state index contributed by atoms with van der Waals surface area (Å²) in [6.07, 6.45) is 7.30. The molecule has 4 N–H and O–H groups in total. The van der Waals surface area contributed by atoms with Crippen molar-refractivity contribution in [3.05, 3.63) is 96.0 Å². The molecule has 1 heterocycles. The number of carbonyl (C=O) groups is 3. The van der Waals surface area contributed by atoms with E-state index in [2.05, 4.69) is 35.5 Å². The van der Waals surface area contributed by atoms with E-state index < -0.39 is 29.4 Å². The summed E-state index contributed by atoms with van der Waals surface area (Å²) in [5.41, 5.74) is 7.36. The van der Waals surface area contributed by atoms with E-state index in [9.17, 15) is 14.4 Å². The number of nitrogens with zero attached hydrogens (tertiary/aromatic N) is 2. The number of anilines is 1. The molecule has 0 aliphatic heterocycles. The molecule has 0 radical (unpaired) electrons. The second kappa shape index (κ2) is 13.7. The summed E-state index contributed by atoms with van der Waals surface area (Å²) in [6.45, 7) is 7.55. The summed E-state index contributed by atoms with van der Waals surface area (Å²) in [5, 5.41) is 5.47. The maximum Gasteiger partial charge on any atom is 0.250 e. The molecule has 9 heteroatoms. The Balaban J connectivity index is 1.53. The smallest absolute Gasteiger partial charge is 0.250 e. The van der Waals surface area contributed by atoms with Crippen molar-refractivity contribution in [1.82, 2.24) is 14.9 Å². The Morgan fingerprint density at radius 2 is 1.71 bits per heavy atom. The summed E-state index contributed by atoms with van der Waals surface area (Å²) >= 11 is 0. The monoisotopic (exact) mass is 571 g/mol. The average Bonchev–Trinajstić information content (AvgIpc) is 3.42. The Kier molecular flexibility index (Phi) is 10.1. The molecule has 2 amide bonds. The van der Waals surface area contributed by atoms with Crippen LogP contribution < -0.4 is 16.4 Å². The van der Waals surface area contributed by atoms with Gasteiger partial charge in [-0.15, -0.1) is 0 Å². The van der Waals surface area contributed by atoms with Crippen molar-refractivity contribution in [1.29, 1.82) is 0 Å². The van der Waals surface area contributed by atoms with E-state index in [-0.39, 0.29) is 30.7 Å². The molecule has 1 aromatic heterocycles. The first-order valence-electron chi connectivity index (χ1n) is 14.4. The summed E-state index contributed by atoms with van der Waals surface area (Å²) in [6, 6.07) is 17.4. The number of hydrogen-bond donors (Lipinski definition) is 3. The van der Waals surface area contributed by atoms with Crippen LogP contribution in [0.3, 0.4) is 0 Å². The molecule has 42 heavy (non-hydrogen) atoms. The number of amides is 2. The van der Waals surface area contributed by atoms with E-state index in [1.165, 1.54) is 0 Å². The van der Waals surface area contributed by atoms with Crippen LogP contribution in [0, 0.1) is 11.8 Å². The predicted octanol–water partition coefficient (Wildman–Crippen LogP) is 4.41. The molecule has 1 aliphatic rings. The summed E-state index contributed by atoms with van der Waals surface area (Å²) in [5.74, 6) is -0.234. The third-order valence-corrected chi connectivity index (χ3v) is 7.45. The largest absolute Gasteiger partial charge is 0.374 e. The van der Waals surface area contributed by atoms with Crippen LogP contribution in [0.25, 0.3) is 0 Å². The fourth-order valence-electron chi connectivity index (χ4n) is 4.95. The molecule has 4 atom stereocenters. The van der Waals surface area contributed by atoms with Crippen molar-refractivity contribution >= 4 is 23.4 Å². The SMILES string of the molecule is CC1C=C(C(=O)C(c2ccccc2)n2cnc(NC(=O)C(COCc3ccccc3)NC(=O)C(C)(C)N)c2)C(C)CC1. The Morgan fingerprint density at radius 3 is 2.38 bits per heavy atom. The summed E-state index contributed by atoms with van der Waals surface area (Å²) in [4.78, 5) is 44.4. The third-order valence-electron chi connectivity index (χ3n) is 7.45. The maximum absolute atomic E-state index is 14.0. The van der Waals surface area contributed by atoms with Crippen LogP contribution in [-0.2, 0) is 25.7 Å². The maximum atomic E-state index is 14.0. The lowest BCUT2D eigenvalue weighted by molar-refractivity contribution is -0.130. The zero-order valence-corrected chi connectivity index (χ0v) is 24.7. The fraction of sp³-hybridized carbons (Fsp3) is 0.394. The Morgan fingerprint density at radius 1 is 1.05 bits per heavy atom. The van der Waals surface area contributed by atoms with Crippen molar-refractivity contribution < 1.29 is 19.1 Å². The van der Waals surface area contributed by atoms with Crippen LogP contribution in [0.4, 0.5) is 5.82 Å². The Labute approximate surface area is 247 Å². The molecule has 1 aliphatic carbocycles. The van der Waals surface area contributed by atoms with Gasteiger partial charge in [0.25, 0.3) is 5.91 Å². The number of aromatic nitrogens is 2. The normalized spacial score (nSPS) is 18.5. The highest BCUT2D eigenvalue weighted by molar-refractivity contribution is 6.01. The van der Waals surface area contributed by atoms with E-state index in [1.54, 1.807) is 30.9 Å². The standard InChI is InChI=1S/C33H41N5O4/c1-22-15-16-23(2)26(17-22)30(39)29(25-13-9-6-10-14-25)38-18-28(35-21-38)37-31(40)27(36-32(41)33(3,4)34)20-42-19-24-11-7-5-8-12-24/h5-14,17-18,21-23,27,29H,15-16,19-20,34H2,1-4H3,(H,36,41)(H,37,40). The molecule has 2 aromatic carbocycles. The fourth-order valence-corrected chi connectivity index (χ4v) is 4.95. The van der Waals surface area contributed by atoms with Gasteiger partial charge in [-0.25, -0.2) is 4.98 Å². The van der Waals surface area contributed by atoms with Crippen molar-refractivity contribution in [2.75, 3.05) is 11.9 Å². The van der Waals surface area contributed by atoms with Gasteiger partial charge in [-0.3, -0.25) is 14.4 Å². The molecular formula is C33H41N5O4. The van der Waals surface area contributed by atoms with Crippen LogP contribution in [-0.4, -0.2) is 45.3 Å². The lowest BCUT2D eigenvalue weighted by atomic mass is 9.80. The number of Topliss-reactive ketones (excluding diaryl/α,β-unsaturated/α-hetero) is 1. The first-order valence-corrected chi connectivity index (χ1v) is 14.4. The molecule has 222 valence electrons. The molecule has 4 rings (SSSR count). The van der Waals surface area contributed by atoms with Gasteiger partial charge in [-0.2, -0.15) is 0 Å². The van der Waals surface area contributed by atoms with Gasteiger partial charge in [0.15, 0.2) is 11.6 Å². The minimum Gasteiger partial charge on any atom is -0.374 e. The Bertz CT molecular complexity index is 1390. The number of ketones is 1. The Hall–Kier alpha value is -4.08. The first kappa shape index (κ1) is 30.9. The van der Waals surface area contributed by atoms with Crippen LogP contribution in [0.2, 0.25) is 0 Å². The van der Waals surface area contributed by atoms with Gasteiger partial charge >= 0.3 is 0 Å². The van der Waals surface area contributed by atoms with Crippen LogP contribution in [0.5, 0.6) is 0 Å². The second-order valence-electron chi connectivity index (χ2n) is 11.7. The number of imidazole rings is 1. The first-order chi connectivity index (χ1) is 20.0. The molecule has 0 saturated heterocycles. The summed E-state index contributed by atoms with van der Waals surface area (Å²) < 4.78 is 7.50. The lowest BCUT2D eigenvalue weighted by Crippen LogP contribution is -2.56. The highest BCUT2D eigenvalue weighted by Gasteiger charge is 2.32. The van der Waals surface area contributed by atoms with E-state index >= 15 is 0 Å². The van der Waals surface area contributed by atoms with Crippen LogP contribution in [0.1, 0.15) is 57.7 Å². The van der Waals surface area contributed by atoms with Gasteiger partial charge < -0.3 is 25.7 Å². The third kappa shape index (κ3) is 8.02. The van der Waals surface area contributed by atoms with E-state index in [1.807, 2.05) is 60.7 Å². The van der Waals surface area contributed by atoms with Crippen molar-refractivity contribution in [2.24, 2.45) is 17.6 Å². The predicted molar refractivity (Wildman–Crippen MR) is 162 cm³/mol. The number of rotatable bonds is 12. The molecule has 0 saturated carbocycles. The van der Waals surface area contributed by atoms with E-state index in [0.717, 1.165) is 29.5 Å². The highest BCUT2D eigenvalue weighted by Crippen LogP contribution is 2.33. The molecule has 9 nitrogen and oxygen atoms in total. The molecule has 0 fully saturated rings. The van der Waals surface area contributed by atoms with Gasteiger partial charge in [0.2, 0.25) is 5.91 Å². The molecule has 0 spiro atoms. The summed E-state index contributed by atoms with van der Waals surface area (Å²) in [7, 11) is 0. The minimum absolute atomic E-state index is 0.0140. The van der Waals surface area contributed by atoms with Crippen molar-refractivity contribution in [3.8, 4) is 0 Å². The van der Waals surface area contributed by atoms with Crippen molar-refractivity contribution in [3.63, 3.8) is 0 Å². The van der Waals surface area contributed by atoms with Crippen LogP contribution in [0.15, 0.2) is 84.8 Å². The number of nitrogens with one attached hydrogen (secondary N) is 2. The topological polar surface area (TPSA) is 128 Å². The van der Waals surface area contributed by atoms with Gasteiger partial charge in [-0.1, -0.05) is 80.6 Å². The van der Waals surface area contributed by atoms with E-state index in [4.69, 9.17) is 10.5 Å². The highest BCUT2D eigenvalue weighted by atomic mass is 16.5. The minimum atomic E-state index is -1.19. The van der Waals surface area contributed by atoms with E-state index in [0.29, 0.717) is 5.92 Å². The quantitative estimate of drug-likeness (QED) is 0.295. The van der Waals surface area contributed by atoms with Crippen molar-refractivity contribution in [2.45, 2.75) is 64.8 Å². The zero-order chi connectivity index (χ0) is 30.3. The van der Waals surface area contributed by atoms with Gasteiger partial charge in [0.1, 0.15) is 12.1 Å². The second-order valence-corrected chi connectivity index (χ2v) is 11.7. The number of ether oxygens (including phenoxy) is 1.